The van der Waals surface area contributed by atoms with Crippen LogP contribution in [0.15, 0.2) is 17.1 Å². The van der Waals surface area contributed by atoms with Gasteiger partial charge in [-0.05, 0) is 59.4 Å². The first kappa shape index (κ1) is 24.0. The zero-order valence-electron chi connectivity index (χ0n) is 20.0. The summed E-state index contributed by atoms with van der Waals surface area (Å²) in [6, 6.07) is 1.04. The number of esters is 1. The van der Waals surface area contributed by atoms with E-state index in [0.29, 0.717) is 18.7 Å². The van der Waals surface area contributed by atoms with E-state index in [4.69, 9.17) is 9.47 Å². The number of carbonyl (C=O) groups is 2. The van der Waals surface area contributed by atoms with Crippen molar-refractivity contribution < 1.29 is 23.5 Å². The zero-order valence-corrected chi connectivity index (χ0v) is 20.0. The van der Waals surface area contributed by atoms with Crippen molar-refractivity contribution in [1.29, 1.82) is 0 Å². The Kier molecular flexibility index (Phi) is 6.51. The maximum absolute atomic E-state index is 15.2. The number of ether oxygens (including phenoxy) is 2. The Morgan fingerprint density at radius 1 is 1.26 bits per heavy atom. The molecule has 1 aliphatic carbocycles. The van der Waals surface area contributed by atoms with E-state index in [1.54, 1.807) is 37.2 Å². The third-order valence-electron chi connectivity index (χ3n) is 5.82. The summed E-state index contributed by atoms with van der Waals surface area (Å²) in [5, 5.41) is 2.91. The molecule has 2 aromatic heterocycles. The van der Waals surface area contributed by atoms with E-state index in [-0.39, 0.29) is 35.5 Å². The lowest BCUT2D eigenvalue weighted by molar-refractivity contribution is 0.0495. The summed E-state index contributed by atoms with van der Waals surface area (Å²) in [6.07, 6.45) is 4.22. The highest BCUT2D eigenvalue weighted by atomic mass is 19.1. The Hall–Kier alpha value is -3.17. The van der Waals surface area contributed by atoms with Crippen LogP contribution in [0.5, 0.6) is 0 Å². The van der Waals surface area contributed by atoms with Crippen molar-refractivity contribution in [3.63, 3.8) is 0 Å². The average Bonchev–Trinajstić information content (AvgIpc) is 3.58. The lowest BCUT2D eigenvalue weighted by atomic mass is 10.1. The molecule has 34 heavy (non-hydrogen) atoms. The molecule has 2 aromatic rings. The first-order valence-electron chi connectivity index (χ1n) is 11.7. The van der Waals surface area contributed by atoms with Crippen LogP contribution in [0.2, 0.25) is 0 Å². The lowest BCUT2D eigenvalue weighted by Crippen LogP contribution is -2.49. The molecule has 184 valence electrons. The van der Waals surface area contributed by atoms with Crippen molar-refractivity contribution in [1.82, 2.24) is 14.9 Å². The normalized spacial score (nSPS) is 18.6. The Bertz CT molecular complexity index is 1170. The highest BCUT2D eigenvalue weighted by molar-refractivity contribution is 5.93. The van der Waals surface area contributed by atoms with Crippen LogP contribution < -0.4 is 15.6 Å². The molecular formula is C24H31FN4O5. The van der Waals surface area contributed by atoms with Gasteiger partial charge >= 0.3 is 12.1 Å². The van der Waals surface area contributed by atoms with Crippen molar-refractivity contribution >= 4 is 28.9 Å². The number of anilines is 1. The fourth-order valence-electron chi connectivity index (χ4n) is 4.21. The van der Waals surface area contributed by atoms with E-state index in [9.17, 15) is 14.4 Å². The second-order valence-corrected chi connectivity index (χ2v) is 9.83. The average molecular weight is 475 g/mol. The van der Waals surface area contributed by atoms with Crippen molar-refractivity contribution in [2.24, 2.45) is 0 Å². The molecule has 9 nitrogen and oxygen atoms in total. The van der Waals surface area contributed by atoms with E-state index >= 15 is 4.39 Å². The quantitative estimate of drug-likeness (QED) is 0.661. The molecule has 3 heterocycles. The second-order valence-electron chi connectivity index (χ2n) is 9.83. The number of aromatic nitrogens is 2. The van der Waals surface area contributed by atoms with Crippen molar-refractivity contribution in [3.05, 3.63) is 33.9 Å². The number of alkyl carbamates (subject to hydrolysis) is 1. The monoisotopic (exact) mass is 474 g/mol. The number of carbonyl (C=O) groups excluding carboxylic acids is 2. The molecule has 1 aliphatic heterocycles. The van der Waals surface area contributed by atoms with Crippen LogP contribution >= 0.6 is 0 Å². The summed E-state index contributed by atoms with van der Waals surface area (Å²) in [5.41, 5.74) is -0.973. The Balaban J connectivity index is 1.66. The van der Waals surface area contributed by atoms with Crippen LogP contribution in [-0.4, -0.2) is 53.0 Å². The molecule has 0 aromatic carbocycles. The molecule has 2 aliphatic rings. The molecule has 0 radical (unpaired) electrons. The molecule has 10 heteroatoms. The van der Waals surface area contributed by atoms with Gasteiger partial charge < -0.3 is 24.3 Å². The molecule has 0 unspecified atom stereocenters. The molecule has 2 fully saturated rings. The summed E-state index contributed by atoms with van der Waals surface area (Å²) in [5.74, 6) is -1.24. The van der Waals surface area contributed by atoms with E-state index in [2.05, 4.69) is 10.3 Å². The van der Waals surface area contributed by atoms with Gasteiger partial charge in [0.1, 0.15) is 16.8 Å². The van der Waals surface area contributed by atoms with Gasteiger partial charge in [0.05, 0.1) is 12.0 Å². The molecule has 4 rings (SSSR count). The Morgan fingerprint density at radius 2 is 2.00 bits per heavy atom. The number of piperidine rings is 1. The van der Waals surface area contributed by atoms with Gasteiger partial charge in [-0.25, -0.2) is 19.0 Å². The van der Waals surface area contributed by atoms with Crippen LogP contribution in [0, 0.1) is 5.82 Å². The number of rotatable bonds is 5. The highest BCUT2D eigenvalue weighted by Crippen LogP contribution is 2.37. The third-order valence-corrected chi connectivity index (χ3v) is 5.82. The van der Waals surface area contributed by atoms with E-state index in [1.165, 1.54) is 6.20 Å². The van der Waals surface area contributed by atoms with Gasteiger partial charge in [-0.1, -0.05) is 0 Å². The number of pyridine rings is 2. The number of amides is 1. The number of halogens is 1. The largest absolute Gasteiger partial charge is 0.462 e. The van der Waals surface area contributed by atoms with E-state index < -0.39 is 28.9 Å². The molecular weight excluding hydrogens is 443 g/mol. The molecule has 1 saturated heterocycles. The van der Waals surface area contributed by atoms with Gasteiger partial charge in [0.15, 0.2) is 11.6 Å². The maximum atomic E-state index is 15.2. The number of hydrogen-bond acceptors (Lipinski definition) is 7. The van der Waals surface area contributed by atoms with Gasteiger partial charge in [-0.2, -0.15) is 0 Å². The minimum Gasteiger partial charge on any atom is -0.462 e. The molecule has 1 amide bonds. The minimum atomic E-state index is -0.722. The molecule has 0 bridgehead atoms. The third kappa shape index (κ3) is 5.15. The summed E-state index contributed by atoms with van der Waals surface area (Å²) < 4.78 is 27.4. The zero-order chi connectivity index (χ0) is 24.6. The highest BCUT2D eigenvalue weighted by Gasteiger charge is 2.31. The molecule has 0 spiro atoms. The fourth-order valence-corrected chi connectivity index (χ4v) is 4.21. The molecule has 1 atom stereocenters. The van der Waals surface area contributed by atoms with Crippen LogP contribution in [0.4, 0.5) is 15.0 Å². The van der Waals surface area contributed by atoms with E-state index in [1.807, 2.05) is 0 Å². The van der Waals surface area contributed by atoms with Gasteiger partial charge in [0, 0.05) is 31.4 Å². The first-order valence-corrected chi connectivity index (χ1v) is 11.7. The number of nitrogens with zero attached hydrogens (tertiary/aromatic N) is 3. The SMILES string of the molecule is CCOC(=O)c1cn(C2CC2)c2nc(N3CCC[C@H](NC(=O)OC(C)(C)C)C3)c(F)cc2c1=O. The summed E-state index contributed by atoms with van der Waals surface area (Å²) >= 11 is 0. The second kappa shape index (κ2) is 9.23. The van der Waals surface area contributed by atoms with Crippen molar-refractivity contribution in [2.45, 2.75) is 71.1 Å². The van der Waals surface area contributed by atoms with Crippen LogP contribution in [-0.2, 0) is 9.47 Å². The summed E-state index contributed by atoms with van der Waals surface area (Å²) in [4.78, 5) is 43.8. The number of fused-ring (bicyclic) bond motifs is 1. The van der Waals surface area contributed by atoms with E-state index in [0.717, 1.165) is 31.7 Å². The van der Waals surface area contributed by atoms with Crippen LogP contribution in [0.1, 0.15) is 69.8 Å². The van der Waals surface area contributed by atoms with Gasteiger partial charge in [0.2, 0.25) is 5.43 Å². The fraction of sp³-hybridized carbons (Fsp3) is 0.583. The topological polar surface area (TPSA) is 103 Å². The summed E-state index contributed by atoms with van der Waals surface area (Å²) in [7, 11) is 0. The molecule has 1 saturated carbocycles. The maximum Gasteiger partial charge on any atom is 0.407 e. The summed E-state index contributed by atoms with van der Waals surface area (Å²) in [6.45, 7) is 8.11. The van der Waals surface area contributed by atoms with Crippen LogP contribution in [0.3, 0.4) is 0 Å². The Labute approximate surface area is 197 Å². The predicted molar refractivity (Wildman–Crippen MR) is 125 cm³/mol. The first-order chi connectivity index (χ1) is 16.1. The van der Waals surface area contributed by atoms with Gasteiger partial charge in [-0.3, -0.25) is 4.79 Å². The smallest absolute Gasteiger partial charge is 0.407 e. The van der Waals surface area contributed by atoms with Crippen LogP contribution in [0.25, 0.3) is 11.0 Å². The Morgan fingerprint density at radius 3 is 2.65 bits per heavy atom. The van der Waals surface area contributed by atoms with Crippen molar-refractivity contribution in [2.75, 3.05) is 24.6 Å². The number of nitrogens with one attached hydrogen (secondary N) is 1. The minimum absolute atomic E-state index is 0.0548. The van der Waals surface area contributed by atoms with Gasteiger partial charge in [-0.15, -0.1) is 0 Å². The van der Waals surface area contributed by atoms with Gasteiger partial charge in [0.25, 0.3) is 0 Å². The predicted octanol–water partition coefficient (Wildman–Crippen LogP) is 3.54. The molecule has 1 N–H and O–H groups in total. The van der Waals surface area contributed by atoms with Crippen molar-refractivity contribution in [3.8, 4) is 0 Å². The number of hydrogen-bond donors (Lipinski definition) is 1. The standard InChI is InChI=1S/C24H31FN4O5/c1-5-33-22(31)17-13-29(15-8-9-15)20-16(19(17)30)11-18(25)21(27-20)28-10-6-7-14(12-28)26-23(32)34-24(2,3)4/h11,13-15H,5-10,12H2,1-4H3,(H,26,32)/t14-/m0/s1. The lowest BCUT2D eigenvalue weighted by Gasteiger charge is -2.34.